The van der Waals surface area contributed by atoms with Crippen molar-refractivity contribution in [3.05, 3.63) is 22.3 Å². The van der Waals surface area contributed by atoms with Gasteiger partial charge in [-0.15, -0.1) is 0 Å². The third-order valence-electron chi connectivity index (χ3n) is 1.75. The van der Waals surface area contributed by atoms with Gasteiger partial charge in [-0.2, -0.15) is 0 Å². The topological polar surface area (TPSA) is 69.4 Å². The van der Waals surface area contributed by atoms with Gasteiger partial charge in [-0.1, -0.05) is 6.08 Å². The summed E-state index contributed by atoms with van der Waals surface area (Å²) in [6, 6.07) is 0. The SMILES string of the molecule is CCOC(=O)/C=C/CCCCC[N+](=O)[O-]. The van der Waals surface area contributed by atoms with Crippen LogP contribution in [0.25, 0.3) is 0 Å². The molecule has 0 N–H and O–H groups in total. The maximum atomic E-state index is 10.8. The number of rotatable bonds is 8. The molecule has 0 amide bonds. The molecule has 0 aliphatic heterocycles. The van der Waals surface area contributed by atoms with Crippen LogP contribution >= 0.6 is 0 Å². The molecular weight excluding hydrogens is 198 g/mol. The van der Waals surface area contributed by atoms with E-state index in [1.54, 1.807) is 13.0 Å². The van der Waals surface area contributed by atoms with Gasteiger partial charge in [0.15, 0.2) is 0 Å². The number of hydrogen-bond acceptors (Lipinski definition) is 4. The summed E-state index contributed by atoms with van der Waals surface area (Å²) in [5, 5.41) is 9.98. The van der Waals surface area contributed by atoms with Crippen LogP contribution in [0.3, 0.4) is 0 Å². The van der Waals surface area contributed by atoms with Gasteiger partial charge >= 0.3 is 5.97 Å². The van der Waals surface area contributed by atoms with Gasteiger partial charge in [0.2, 0.25) is 6.54 Å². The summed E-state index contributed by atoms with van der Waals surface area (Å²) in [6.07, 6.45) is 6.18. The van der Waals surface area contributed by atoms with Crippen LogP contribution in [0.15, 0.2) is 12.2 Å². The Morgan fingerprint density at radius 2 is 2.13 bits per heavy atom. The van der Waals surface area contributed by atoms with Gasteiger partial charge in [0, 0.05) is 17.4 Å². The van der Waals surface area contributed by atoms with Crippen molar-refractivity contribution >= 4 is 5.97 Å². The van der Waals surface area contributed by atoms with Gasteiger partial charge in [-0.3, -0.25) is 10.1 Å². The second-order valence-electron chi connectivity index (χ2n) is 3.06. The predicted octanol–water partition coefficient (Wildman–Crippen LogP) is 1.94. The number of unbranched alkanes of at least 4 members (excludes halogenated alkanes) is 3. The summed E-state index contributed by atoms with van der Waals surface area (Å²) in [4.78, 5) is 20.5. The summed E-state index contributed by atoms with van der Waals surface area (Å²) in [5.41, 5.74) is 0. The van der Waals surface area contributed by atoms with Crippen LogP contribution in [0.5, 0.6) is 0 Å². The highest BCUT2D eigenvalue weighted by Gasteiger charge is 1.96. The van der Waals surface area contributed by atoms with Crippen molar-refractivity contribution < 1.29 is 14.5 Å². The van der Waals surface area contributed by atoms with Crippen LogP contribution in [-0.2, 0) is 9.53 Å². The lowest BCUT2D eigenvalue weighted by Crippen LogP contribution is -2.00. The van der Waals surface area contributed by atoms with Crippen molar-refractivity contribution in [2.24, 2.45) is 0 Å². The smallest absolute Gasteiger partial charge is 0.330 e. The average Bonchev–Trinajstić information content (AvgIpc) is 2.16. The zero-order valence-electron chi connectivity index (χ0n) is 8.98. The van der Waals surface area contributed by atoms with E-state index in [1.165, 1.54) is 6.08 Å². The lowest BCUT2D eigenvalue weighted by Gasteiger charge is -1.95. The molecule has 0 rings (SSSR count). The molecule has 15 heavy (non-hydrogen) atoms. The minimum absolute atomic E-state index is 0.0294. The second kappa shape index (κ2) is 9.18. The molecule has 0 saturated heterocycles. The highest BCUT2D eigenvalue weighted by Crippen LogP contribution is 2.00. The van der Waals surface area contributed by atoms with Crippen molar-refractivity contribution in [3.8, 4) is 0 Å². The molecule has 0 bridgehead atoms. The molecule has 0 aliphatic rings. The normalized spacial score (nSPS) is 10.5. The molecular formula is C10H17NO4. The molecule has 0 aromatic carbocycles. The quantitative estimate of drug-likeness (QED) is 0.204. The number of carbonyl (C=O) groups excluding carboxylic acids is 1. The summed E-state index contributed by atoms with van der Waals surface area (Å²) in [5.74, 6) is -0.331. The fourth-order valence-electron chi connectivity index (χ4n) is 1.05. The van der Waals surface area contributed by atoms with E-state index < -0.39 is 0 Å². The minimum Gasteiger partial charge on any atom is -0.463 e. The van der Waals surface area contributed by atoms with Gasteiger partial charge in [0.1, 0.15) is 0 Å². The van der Waals surface area contributed by atoms with Crippen LogP contribution in [0.1, 0.15) is 32.6 Å². The first-order chi connectivity index (χ1) is 7.16. The van der Waals surface area contributed by atoms with Gasteiger partial charge in [0.05, 0.1) is 6.61 Å². The summed E-state index contributed by atoms with van der Waals surface area (Å²) >= 11 is 0. The number of carbonyl (C=O) groups is 1. The van der Waals surface area contributed by atoms with E-state index in [1.807, 2.05) is 0 Å². The maximum absolute atomic E-state index is 10.8. The van der Waals surface area contributed by atoms with Crippen molar-refractivity contribution in [2.75, 3.05) is 13.2 Å². The first-order valence-electron chi connectivity index (χ1n) is 5.12. The number of hydrogen-bond donors (Lipinski definition) is 0. The molecule has 0 fully saturated rings. The fraction of sp³-hybridized carbons (Fsp3) is 0.700. The van der Waals surface area contributed by atoms with Crippen LogP contribution in [0, 0.1) is 10.1 Å². The van der Waals surface area contributed by atoms with E-state index in [2.05, 4.69) is 4.74 Å². The largest absolute Gasteiger partial charge is 0.463 e. The number of nitrogens with zero attached hydrogens (tertiary/aromatic N) is 1. The Morgan fingerprint density at radius 1 is 1.40 bits per heavy atom. The monoisotopic (exact) mass is 215 g/mol. The van der Waals surface area contributed by atoms with Crippen LogP contribution in [0.4, 0.5) is 0 Å². The van der Waals surface area contributed by atoms with Crippen molar-refractivity contribution in [2.45, 2.75) is 32.6 Å². The molecule has 0 aromatic rings. The molecule has 0 aliphatic carbocycles. The summed E-state index contributed by atoms with van der Waals surface area (Å²) < 4.78 is 4.69. The maximum Gasteiger partial charge on any atom is 0.330 e. The zero-order chi connectivity index (χ0) is 11.5. The lowest BCUT2D eigenvalue weighted by molar-refractivity contribution is -0.480. The summed E-state index contributed by atoms with van der Waals surface area (Å²) in [6.45, 7) is 2.16. The highest BCUT2D eigenvalue weighted by atomic mass is 16.6. The predicted molar refractivity (Wildman–Crippen MR) is 56.1 cm³/mol. The van der Waals surface area contributed by atoms with Crippen molar-refractivity contribution in [1.29, 1.82) is 0 Å². The molecule has 0 saturated carbocycles. The first kappa shape index (κ1) is 13.6. The Hall–Kier alpha value is -1.39. The molecule has 0 aromatic heterocycles. The molecule has 5 nitrogen and oxygen atoms in total. The second-order valence-corrected chi connectivity index (χ2v) is 3.06. The molecule has 0 heterocycles. The molecule has 0 unspecified atom stereocenters. The third-order valence-corrected chi connectivity index (χ3v) is 1.75. The van der Waals surface area contributed by atoms with Gasteiger partial charge in [0.25, 0.3) is 0 Å². The Labute approximate surface area is 89.3 Å². The Balaban J connectivity index is 3.30. The standard InChI is InChI=1S/C10H17NO4/c1-2-15-10(12)8-6-4-3-5-7-9-11(13)14/h6,8H,2-5,7,9H2,1H3/b8-6+. The zero-order valence-corrected chi connectivity index (χ0v) is 8.98. The third kappa shape index (κ3) is 10.5. The minimum atomic E-state index is -0.331. The molecule has 86 valence electrons. The van der Waals surface area contributed by atoms with E-state index in [9.17, 15) is 14.9 Å². The molecule has 5 heteroatoms. The van der Waals surface area contributed by atoms with E-state index in [-0.39, 0.29) is 17.4 Å². The Morgan fingerprint density at radius 3 is 2.73 bits per heavy atom. The van der Waals surface area contributed by atoms with Crippen LogP contribution in [-0.4, -0.2) is 24.0 Å². The Bertz CT molecular complexity index is 225. The van der Waals surface area contributed by atoms with Gasteiger partial charge in [-0.05, 0) is 26.2 Å². The number of ether oxygens (including phenoxy) is 1. The first-order valence-corrected chi connectivity index (χ1v) is 5.12. The number of esters is 1. The summed E-state index contributed by atoms with van der Waals surface area (Å²) in [7, 11) is 0. The fourth-order valence-corrected chi connectivity index (χ4v) is 1.05. The molecule has 0 atom stereocenters. The van der Waals surface area contributed by atoms with Crippen molar-refractivity contribution in [3.63, 3.8) is 0 Å². The van der Waals surface area contributed by atoms with E-state index >= 15 is 0 Å². The Kier molecular flexibility index (Phi) is 8.33. The number of nitro groups is 1. The van der Waals surface area contributed by atoms with Crippen LogP contribution in [0.2, 0.25) is 0 Å². The molecule has 0 spiro atoms. The van der Waals surface area contributed by atoms with E-state index in [4.69, 9.17) is 0 Å². The van der Waals surface area contributed by atoms with E-state index in [0.717, 1.165) is 19.3 Å². The lowest BCUT2D eigenvalue weighted by atomic mass is 10.2. The van der Waals surface area contributed by atoms with E-state index in [0.29, 0.717) is 13.0 Å². The van der Waals surface area contributed by atoms with Gasteiger partial charge in [-0.25, -0.2) is 4.79 Å². The molecule has 0 radical (unpaired) electrons. The van der Waals surface area contributed by atoms with Gasteiger partial charge < -0.3 is 4.74 Å². The van der Waals surface area contributed by atoms with Crippen LogP contribution < -0.4 is 0 Å². The highest BCUT2D eigenvalue weighted by molar-refractivity contribution is 5.81. The average molecular weight is 215 g/mol. The number of allylic oxidation sites excluding steroid dienone is 1. The van der Waals surface area contributed by atoms with Crippen molar-refractivity contribution in [1.82, 2.24) is 0 Å².